The van der Waals surface area contributed by atoms with Gasteiger partial charge in [-0.1, -0.05) is 30.3 Å². The molecule has 1 aliphatic heterocycles. The van der Waals surface area contributed by atoms with Crippen LogP contribution in [-0.4, -0.2) is 36.6 Å². The van der Waals surface area contributed by atoms with Gasteiger partial charge in [0, 0.05) is 12.6 Å². The van der Waals surface area contributed by atoms with Crippen LogP contribution in [0, 0.1) is 16.7 Å². The molecule has 1 heterocycles. The van der Waals surface area contributed by atoms with Gasteiger partial charge in [-0.3, -0.25) is 4.79 Å². The number of ether oxygens (including phenoxy) is 1. The molecule has 1 saturated heterocycles. The average molecular weight is 273 g/mol. The van der Waals surface area contributed by atoms with Crippen LogP contribution < -0.4 is 5.73 Å². The summed E-state index contributed by atoms with van der Waals surface area (Å²) < 4.78 is 5.32. The second-order valence-corrected chi connectivity index (χ2v) is 5.34. The maximum Gasteiger partial charge on any atom is 0.233 e. The highest BCUT2D eigenvalue weighted by molar-refractivity contribution is 5.84. The van der Waals surface area contributed by atoms with Crippen LogP contribution in [-0.2, 0) is 16.1 Å². The summed E-state index contributed by atoms with van der Waals surface area (Å²) in [6.07, 6.45) is 0. The van der Waals surface area contributed by atoms with E-state index in [1.54, 1.807) is 4.90 Å². The maximum atomic E-state index is 12.7. The highest BCUT2D eigenvalue weighted by atomic mass is 16.5. The molecule has 2 unspecified atom stereocenters. The monoisotopic (exact) mass is 273 g/mol. The molecule has 1 fully saturated rings. The Kier molecular flexibility index (Phi) is 4.38. The number of nitrogens with two attached hydrogens (primary N) is 1. The fourth-order valence-electron chi connectivity index (χ4n) is 2.36. The van der Waals surface area contributed by atoms with Crippen LogP contribution in [0.15, 0.2) is 30.3 Å². The molecule has 2 rings (SSSR count). The van der Waals surface area contributed by atoms with E-state index < -0.39 is 5.41 Å². The van der Waals surface area contributed by atoms with Crippen LogP contribution >= 0.6 is 0 Å². The first-order valence-electron chi connectivity index (χ1n) is 6.61. The molecule has 0 saturated carbocycles. The quantitative estimate of drug-likeness (QED) is 0.827. The normalized spacial score (nSPS) is 25.1. The standard InChI is InChI=1S/C15H19N3O2/c1-15(11-20-10-13(15)17)14(19)18(8-7-16)9-12-5-3-2-4-6-12/h2-6,13H,8-11,17H2,1H3. The van der Waals surface area contributed by atoms with Gasteiger partial charge in [0.1, 0.15) is 6.54 Å². The molecule has 5 heteroatoms. The molecule has 1 aromatic rings. The van der Waals surface area contributed by atoms with Crippen molar-refractivity contribution in [2.45, 2.75) is 19.5 Å². The largest absolute Gasteiger partial charge is 0.379 e. The first kappa shape index (κ1) is 14.5. The van der Waals surface area contributed by atoms with E-state index in [0.717, 1.165) is 5.56 Å². The molecule has 1 amide bonds. The van der Waals surface area contributed by atoms with Gasteiger partial charge in [0.15, 0.2) is 0 Å². The number of rotatable bonds is 4. The molecule has 0 aromatic heterocycles. The Morgan fingerprint density at radius 1 is 1.55 bits per heavy atom. The van der Waals surface area contributed by atoms with Crippen molar-refractivity contribution < 1.29 is 9.53 Å². The molecule has 0 bridgehead atoms. The Balaban J connectivity index is 2.16. The minimum absolute atomic E-state index is 0.0516. The molecule has 20 heavy (non-hydrogen) atoms. The van der Waals surface area contributed by atoms with Gasteiger partial charge in [0.05, 0.1) is 24.7 Å². The zero-order chi connectivity index (χ0) is 14.6. The third-order valence-electron chi connectivity index (χ3n) is 3.77. The van der Waals surface area contributed by atoms with E-state index in [0.29, 0.717) is 19.8 Å². The van der Waals surface area contributed by atoms with Crippen molar-refractivity contribution in [2.75, 3.05) is 19.8 Å². The number of nitrogens with zero attached hydrogens (tertiary/aromatic N) is 2. The lowest BCUT2D eigenvalue weighted by atomic mass is 9.84. The number of amides is 1. The first-order valence-corrected chi connectivity index (χ1v) is 6.61. The molecule has 2 atom stereocenters. The van der Waals surface area contributed by atoms with Crippen molar-refractivity contribution in [1.29, 1.82) is 5.26 Å². The van der Waals surface area contributed by atoms with Crippen LogP contribution in [0.25, 0.3) is 0 Å². The van der Waals surface area contributed by atoms with Gasteiger partial charge in [0.2, 0.25) is 5.91 Å². The van der Waals surface area contributed by atoms with E-state index in [1.165, 1.54) is 0 Å². The maximum absolute atomic E-state index is 12.7. The molecule has 106 valence electrons. The van der Waals surface area contributed by atoms with Gasteiger partial charge in [-0.15, -0.1) is 0 Å². The Hall–Kier alpha value is -1.90. The number of hydrogen-bond donors (Lipinski definition) is 1. The Bertz CT molecular complexity index is 512. The third kappa shape index (κ3) is 2.82. The Morgan fingerprint density at radius 3 is 2.80 bits per heavy atom. The Labute approximate surface area is 118 Å². The second-order valence-electron chi connectivity index (χ2n) is 5.34. The molecule has 2 N–H and O–H groups in total. The number of carbonyl (C=O) groups excluding carboxylic acids is 1. The van der Waals surface area contributed by atoms with E-state index in [1.807, 2.05) is 43.3 Å². The summed E-state index contributed by atoms with van der Waals surface area (Å²) in [5, 5.41) is 8.95. The van der Waals surface area contributed by atoms with Crippen LogP contribution in [0.3, 0.4) is 0 Å². The van der Waals surface area contributed by atoms with Crippen molar-refractivity contribution in [3.8, 4) is 6.07 Å². The minimum atomic E-state index is -0.744. The van der Waals surface area contributed by atoms with Crippen molar-refractivity contribution in [1.82, 2.24) is 4.90 Å². The van der Waals surface area contributed by atoms with Gasteiger partial charge < -0.3 is 15.4 Å². The van der Waals surface area contributed by atoms with Crippen molar-refractivity contribution in [3.05, 3.63) is 35.9 Å². The number of benzene rings is 1. The molecule has 0 radical (unpaired) electrons. The molecular formula is C15H19N3O2. The zero-order valence-electron chi connectivity index (χ0n) is 11.6. The predicted octanol–water partition coefficient (Wildman–Crippen LogP) is 0.903. The molecule has 0 spiro atoms. The van der Waals surface area contributed by atoms with E-state index in [4.69, 9.17) is 15.7 Å². The summed E-state index contributed by atoms with van der Waals surface area (Å²) in [4.78, 5) is 14.2. The van der Waals surface area contributed by atoms with E-state index >= 15 is 0 Å². The average Bonchev–Trinajstić information content (AvgIpc) is 2.80. The van der Waals surface area contributed by atoms with Gasteiger partial charge in [0.25, 0.3) is 0 Å². The summed E-state index contributed by atoms with van der Waals surface area (Å²) in [5.74, 6) is -0.118. The summed E-state index contributed by atoms with van der Waals surface area (Å²) in [5.41, 5.74) is 6.23. The van der Waals surface area contributed by atoms with Crippen molar-refractivity contribution >= 4 is 5.91 Å². The predicted molar refractivity (Wildman–Crippen MR) is 74.4 cm³/mol. The topological polar surface area (TPSA) is 79.3 Å². The SMILES string of the molecule is CC1(C(=O)N(CC#N)Cc2ccccc2)COCC1N. The van der Waals surface area contributed by atoms with Crippen LogP contribution in [0.4, 0.5) is 0 Å². The first-order chi connectivity index (χ1) is 9.58. The molecule has 5 nitrogen and oxygen atoms in total. The van der Waals surface area contributed by atoms with E-state index in [9.17, 15) is 4.79 Å². The number of hydrogen-bond acceptors (Lipinski definition) is 4. The lowest BCUT2D eigenvalue weighted by Gasteiger charge is -2.32. The highest BCUT2D eigenvalue weighted by Gasteiger charge is 2.46. The van der Waals surface area contributed by atoms with Crippen molar-refractivity contribution in [2.24, 2.45) is 11.1 Å². The van der Waals surface area contributed by atoms with Crippen LogP contribution in [0.1, 0.15) is 12.5 Å². The van der Waals surface area contributed by atoms with Gasteiger partial charge in [-0.2, -0.15) is 5.26 Å². The summed E-state index contributed by atoms with van der Waals surface area (Å²) >= 11 is 0. The summed E-state index contributed by atoms with van der Waals surface area (Å²) in [7, 11) is 0. The van der Waals surface area contributed by atoms with Gasteiger partial charge in [-0.25, -0.2) is 0 Å². The van der Waals surface area contributed by atoms with Crippen molar-refractivity contribution in [3.63, 3.8) is 0 Å². The summed E-state index contributed by atoms with van der Waals surface area (Å²) in [6.45, 7) is 2.96. The fourth-order valence-corrected chi connectivity index (χ4v) is 2.36. The lowest BCUT2D eigenvalue weighted by molar-refractivity contribution is -0.141. The minimum Gasteiger partial charge on any atom is -0.379 e. The molecule has 1 aromatic carbocycles. The molecule has 0 aliphatic carbocycles. The van der Waals surface area contributed by atoms with E-state index in [2.05, 4.69) is 0 Å². The highest BCUT2D eigenvalue weighted by Crippen LogP contribution is 2.30. The van der Waals surface area contributed by atoms with Crippen LogP contribution in [0.5, 0.6) is 0 Å². The number of carbonyl (C=O) groups is 1. The summed E-state index contributed by atoms with van der Waals surface area (Å²) in [6, 6.07) is 11.3. The van der Waals surface area contributed by atoms with E-state index in [-0.39, 0.29) is 18.5 Å². The smallest absolute Gasteiger partial charge is 0.233 e. The lowest BCUT2D eigenvalue weighted by Crippen LogP contribution is -2.51. The molecular weight excluding hydrogens is 254 g/mol. The Morgan fingerprint density at radius 2 is 2.25 bits per heavy atom. The molecule has 1 aliphatic rings. The third-order valence-corrected chi connectivity index (χ3v) is 3.77. The fraction of sp³-hybridized carbons (Fsp3) is 0.467. The van der Waals surface area contributed by atoms with Crippen LogP contribution in [0.2, 0.25) is 0 Å². The number of nitriles is 1. The van der Waals surface area contributed by atoms with Gasteiger partial charge in [-0.05, 0) is 12.5 Å². The second kappa shape index (κ2) is 6.04. The zero-order valence-corrected chi connectivity index (χ0v) is 11.6. The van der Waals surface area contributed by atoms with Gasteiger partial charge >= 0.3 is 0 Å².